The fraction of sp³-hybridized carbons (Fsp3) is 0.0526. The number of methoxy groups -OCH3 is 1. The quantitative estimate of drug-likeness (QED) is 0.401. The Morgan fingerprint density at radius 1 is 0.833 bits per heavy atom. The number of hydrogen-bond acceptors (Lipinski definition) is 5. The number of rotatable bonds is 7. The van der Waals surface area contributed by atoms with Crippen LogP contribution in [0, 0.1) is 3.57 Å². The normalized spacial score (nSPS) is 11.7. The van der Waals surface area contributed by atoms with E-state index in [-0.39, 0.29) is 26.2 Å². The fourth-order valence-corrected chi connectivity index (χ4v) is 5.83. The molecule has 2 N–H and O–H groups in total. The minimum atomic E-state index is -3.89. The van der Waals surface area contributed by atoms with Crippen LogP contribution in [0.1, 0.15) is 0 Å². The molecule has 0 unspecified atom stereocenters. The van der Waals surface area contributed by atoms with Gasteiger partial charge in [0.15, 0.2) is 0 Å². The summed E-state index contributed by atoms with van der Waals surface area (Å²) >= 11 is 7.97. The van der Waals surface area contributed by atoms with E-state index in [2.05, 4.69) is 9.44 Å². The standard InChI is InChI=1S/C19H16ClIN2O5S2/c1-28-19-11-10-15(12-17(19)21)30(26,27)22-13-6-8-14(9-7-13)29(24,25)23-18-5-3-2-4-16(18)20/h2-12,22-23H,1H3. The molecule has 0 bridgehead atoms. The summed E-state index contributed by atoms with van der Waals surface area (Å²) in [6, 6.07) is 16.3. The average molecular weight is 579 g/mol. The summed E-state index contributed by atoms with van der Waals surface area (Å²) in [5.74, 6) is 0.565. The maximum atomic E-state index is 12.6. The SMILES string of the molecule is COc1ccc(S(=O)(=O)Nc2ccc(S(=O)(=O)Nc3ccccc3Cl)cc2)cc1I. The van der Waals surface area contributed by atoms with Crippen LogP contribution in [0.15, 0.2) is 76.5 Å². The Labute approximate surface area is 193 Å². The van der Waals surface area contributed by atoms with Gasteiger partial charge in [-0.2, -0.15) is 0 Å². The highest BCUT2D eigenvalue weighted by Gasteiger charge is 2.18. The van der Waals surface area contributed by atoms with E-state index in [1.165, 1.54) is 43.5 Å². The monoisotopic (exact) mass is 578 g/mol. The molecule has 11 heteroatoms. The molecule has 3 aromatic rings. The number of sulfonamides is 2. The second kappa shape index (κ2) is 9.00. The summed E-state index contributed by atoms with van der Waals surface area (Å²) in [5.41, 5.74) is 0.468. The first kappa shape index (κ1) is 22.7. The number of halogens is 2. The molecule has 0 fully saturated rings. The summed E-state index contributed by atoms with van der Waals surface area (Å²) in [7, 11) is -6.24. The fourth-order valence-electron chi connectivity index (χ4n) is 2.48. The van der Waals surface area contributed by atoms with Crippen molar-refractivity contribution in [2.24, 2.45) is 0 Å². The second-order valence-corrected chi connectivity index (χ2v) is 10.9. The van der Waals surface area contributed by atoms with Crippen LogP contribution in [0.2, 0.25) is 5.02 Å². The topological polar surface area (TPSA) is 102 Å². The zero-order chi connectivity index (χ0) is 21.9. The van der Waals surface area contributed by atoms with Crippen LogP contribution in [-0.4, -0.2) is 23.9 Å². The maximum Gasteiger partial charge on any atom is 0.261 e. The Kier molecular flexibility index (Phi) is 6.80. The van der Waals surface area contributed by atoms with E-state index in [1.54, 1.807) is 30.3 Å². The van der Waals surface area contributed by atoms with E-state index in [0.717, 1.165) is 0 Å². The molecule has 30 heavy (non-hydrogen) atoms. The van der Waals surface area contributed by atoms with Gasteiger partial charge in [0.05, 0.1) is 31.2 Å². The van der Waals surface area contributed by atoms with Crippen molar-refractivity contribution >= 4 is 65.6 Å². The molecule has 0 aliphatic rings. The number of para-hydroxylation sites is 1. The third kappa shape index (κ3) is 5.17. The van der Waals surface area contributed by atoms with Gasteiger partial charge < -0.3 is 4.74 Å². The molecule has 0 saturated heterocycles. The zero-order valence-electron chi connectivity index (χ0n) is 15.5. The first-order valence-electron chi connectivity index (χ1n) is 8.36. The van der Waals surface area contributed by atoms with Gasteiger partial charge in [-0.15, -0.1) is 0 Å². The van der Waals surface area contributed by atoms with Gasteiger partial charge in [0.2, 0.25) is 0 Å². The van der Waals surface area contributed by atoms with Gasteiger partial charge >= 0.3 is 0 Å². The Morgan fingerprint density at radius 2 is 1.43 bits per heavy atom. The molecule has 0 heterocycles. The van der Waals surface area contributed by atoms with Crippen molar-refractivity contribution in [3.05, 3.63) is 75.3 Å². The van der Waals surface area contributed by atoms with Gasteiger partial charge in [-0.25, -0.2) is 16.8 Å². The predicted octanol–water partition coefficient (Wildman–Crippen LogP) is 4.55. The second-order valence-electron chi connectivity index (χ2n) is 6.01. The van der Waals surface area contributed by atoms with E-state index in [0.29, 0.717) is 9.32 Å². The van der Waals surface area contributed by atoms with Crippen molar-refractivity contribution in [1.29, 1.82) is 0 Å². The summed E-state index contributed by atoms with van der Waals surface area (Å²) in [4.78, 5) is 0.0224. The molecule has 0 spiro atoms. The van der Waals surface area contributed by atoms with Crippen LogP contribution >= 0.6 is 34.2 Å². The lowest BCUT2D eigenvalue weighted by atomic mass is 10.3. The van der Waals surface area contributed by atoms with Crippen LogP contribution in [0.4, 0.5) is 11.4 Å². The molecular weight excluding hydrogens is 563 g/mol. The van der Waals surface area contributed by atoms with Crippen LogP contribution in [0.5, 0.6) is 5.75 Å². The largest absolute Gasteiger partial charge is 0.496 e. The molecule has 0 atom stereocenters. The zero-order valence-corrected chi connectivity index (χ0v) is 20.0. The van der Waals surface area contributed by atoms with Crippen LogP contribution < -0.4 is 14.2 Å². The highest BCUT2D eigenvalue weighted by molar-refractivity contribution is 14.1. The van der Waals surface area contributed by atoms with Crippen molar-refractivity contribution in [2.75, 3.05) is 16.6 Å². The Hall–Kier alpha value is -2.02. The van der Waals surface area contributed by atoms with Crippen LogP contribution in [0.25, 0.3) is 0 Å². The minimum Gasteiger partial charge on any atom is -0.496 e. The molecule has 158 valence electrons. The predicted molar refractivity (Wildman–Crippen MR) is 125 cm³/mol. The van der Waals surface area contributed by atoms with E-state index in [1.807, 2.05) is 22.6 Å². The molecule has 0 aromatic heterocycles. The van der Waals surface area contributed by atoms with E-state index in [9.17, 15) is 16.8 Å². The maximum absolute atomic E-state index is 12.6. The lowest BCUT2D eigenvalue weighted by Gasteiger charge is -2.12. The lowest BCUT2D eigenvalue weighted by Crippen LogP contribution is -2.15. The Bertz CT molecular complexity index is 1280. The van der Waals surface area contributed by atoms with Crippen molar-refractivity contribution < 1.29 is 21.6 Å². The summed E-state index contributed by atoms with van der Waals surface area (Å²) in [5, 5.41) is 0.263. The van der Waals surface area contributed by atoms with Crippen molar-refractivity contribution in [3.63, 3.8) is 0 Å². The Morgan fingerprint density at radius 3 is 2.03 bits per heavy atom. The molecule has 0 saturated carbocycles. The summed E-state index contributed by atoms with van der Waals surface area (Å²) in [6.07, 6.45) is 0. The molecule has 3 aromatic carbocycles. The smallest absolute Gasteiger partial charge is 0.261 e. The molecular formula is C19H16ClIN2O5S2. The number of nitrogens with one attached hydrogen (secondary N) is 2. The third-order valence-electron chi connectivity index (χ3n) is 3.97. The molecule has 0 radical (unpaired) electrons. The van der Waals surface area contributed by atoms with E-state index >= 15 is 0 Å². The summed E-state index contributed by atoms with van der Waals surface area (Å²) in [6.45, 7) is 0. The van der Waals surface area contributed by atoms with Gasteiger partial charge in [0, 0.05) is 5.69 Å². The van der Waals surface area contributed by atoms with Crippen molar-refractivity contribution in [3.8, 4) is 5.75 Å². The number of benzene rings is 3. The summed E-state index contributed by atoms with van der Waals surface area (Å²) < 4.78 is 60.9. The molecule has 7 nitrogen and oxygen atoms in total. The molecule has 0 aliphatic carbocycles. The third-order valence-corrected chi connectivity index (χ3v) is 7.90. The van der Waals surface area contributed by atoms with E-state index in [4.69, 9.17) is 16.3 Å². The highest BCUT2D eigenvalue weighted by atomic mass is 127. The van der Waals surface area contributed by atoms with Gasteiger partial charge in [0.1, 0.15) is 5.75 Å². The minimum absolute atomic E-state index is 0.0376. The Balaban J connectivity index is 1.80. The number of anilines is 2. The molecule has 0 aliphatic heterocycles. The first-order valence-corrected chi connectivity index (χ1v) is 12.8. The number of hydrogen-bond donors (Lipinski definition) is 2. The van der Waals surface area contributed by atoms with Gasteiger partial charge in [-0.1, -0.05) is 23.7 Å². The van der Waals surface area contributed by atoms with Gasteiger partial charge in [-0.3, -0.25) is 9.44 Å². The van der Waals surface area contributed by atoms with Crippen molar-refractivity contribution in [1.82, 2.24) is 0 Å². The molecule has 3 rings (SSSR count). The number of ether oxygens (including phenoxy) is 1. The van der Waals surface area contributed by atoms with Crippen molar-refractivity contribution in [2.45, 2.75) is 9.79 Å². The molecule has 0 amide bonds. The van der Waals surface area contributed by atoms with Gasteiger partial charge in [-0.05, 0) is 77.2 Å². The average Bonchev–Trinajstić information content (AvgIpc) is 2.69. The first-order chi connectivity index (χ1) is 14.1. The highest BCUT2D eigenvalue weighted by Crippen LogP contribution is 2.27. The van der Waals surface area contributed by atoms with E-state index < -0.39 is 20.0 Å². The van der Waals surface area contributed by atoms with Gasteiger partial charge in [0.25, 0.3) is 20.0 Å². The van der Waals surface area contributed by atoms with Crippen LogP contribution in [-0.2, 0) is 20.0 Å². The van der Waals surface area contributed by atoms with Crippen LogP contribution in [0.3, 0.4) is 0 Å². The lowest BCUT2D eigenvalue weighted by molar-refractivity contribution is 0.411.